The molecule has 0 spiro atoms. The van der Waals surface area contributed by atoms with Gasteiger partial charge in [-0.3, -0.25) is 9.36 Å². The third-order valence-corrected chi connectivity index (χ3v) is 3.98. The molecule has 0 unspecified atom stereocenters. The summed E-state index contributed by atoms with van der Waals surface area (Å²) in [5.74, 6) is -0.800. The SMILES string of the molecule is COc1ccc(C(=O)[C@@H](C)OC(=O)c2cncn2-c2ccc(F)cc2)cc1. The number of esters is 1. The lowest BCUT2D eigenvalue weighted by Crippen LogP contribution is -2.25. The number of ketones is 1. The minimum atomic E-state index is -0.984. The Kier molecular flexibility index (Phi) is 5.30. The van der Waals surface area contributed by atoms with Gasteiger partial charge in [0.2, 0.25) is 5.78 Å². The summed E-state index contributed by atoms with van der Waals surface area (Å²) in [4.78, 5) is 28.9. The van der Waals surface area contributed by atoms with Gasteiger partial charge in [-0.25, -0.2) is 14.2 Å². The smallest absolute Gasteiger partial charge is 0.357 e. The van der Waals surface area contributed by atoms with Gasteiger partial charge in [-0.15, -0.1) is 0 Å². The Hall–Kier alpha value is -3.48. The van der Waals surface area contributed by atoms with Gasteiger partial charge in [-0.1, -0.05) is 0 Å². The van der Waals surface area contributed by atoms with Crippen molar-refractivity contribution in [2.75, 3.05) is 7.11 Å². The minimum Gasteiger partial charge on any atom is -0.497 e. The monoisotopic (exact) mass is 368 g/mol. The summed E-state index contributed by atoms with van der Waals surface area (Å²) in [6, 6.07) is 12.1. The van der Waals surface area contributed by atoms with Gasteiger partial charge in [0.25, 0.3) is 0 Å². The topological polar surface area (TPSA) is 70.4 Å². The number of rotatable bonds is 6. The van der Waals surface area contributed by atoms with E-state index in [2.05, 4.69) is 4.98 Å². The molecule has 0 N–H and O–H groups in total. The Labute approximate surface area is 155 Å². The number of nitrogens with zero attached hydrogens (tertiary/aromatic N) is 2. The molecule has 6 nitrogen and oxygen atoms in total. The summed E-state index contributed by atoms with van der Waals surface area (Å²) in [5.41, 5.74) is 1.09. The number of ether oxygens (including phenoxy) is 2. The Bertz CT molecular complexity index is 949. The maximum atomic E-state index is 13.1. The molecule has 0 saturated carbocycles. The fourth-order valence-electron chi connectivity index (χ4n) is 2.52. The number of benzene rings is 2. The van der Waals surface area contributed by atoms with Crippen LogP contribution < -0.4 is 4.74 Å². The average molecular weight is 368 g/mol. The van der Waals surface area contributed by atoms with Gasteiger partial charge in [-0.05, 0) is 55.5 Å². The van der Waals surface area contributed by atoms with Crippen LogP contribution in [0.3, 0.4) is 0 Å². The molecular weight excluding hydrogens is 351 g/mol. The van der Waals surface area contributed by atoms with Crippen molar-refractivity contribution in [3.8, 4) is 11.4 Å². The van der Waals surface area contributed by atoms with Gasteiger partial charge in [0, 0.05) is 11.3 Å². The van der Waals surface area contributed by atoms with Crippen LogP contribution in [0, 0.1) is 5.82 Å². The zero-order valence-electron chi connectivity index (χ0n) is 14.8. The van der Waals surface area contributed by atoms with Crippen molar-refractivity contribution in [2.24, 2.45) is 0 Å². The Morgan fingerprint density at radius 3 is 2.37 bits per heavy atom. The molecule has 0 aliphatic rings. The molecule has 0 fully saturated rings. The van der Waals surface area contributed by atoms with E-state index in [0.29, 0.717) is 17.0 Å². The lowest BCUT2D eigenvalue weighted by Gasteiger charge is -2.13. The van der Waals surface area contributed by atoms with E-state index in [9.17, 15) is 14.0 Å². The number of carbonyl (C=O) groups excluding carboxylic acids is 2. The highest BCUT2D eigenvalue weighted by molar-refractivity contribution is 6.01. The van der Waals surface area contributed by atoms with Crippen molar-refractivity contribution in [3.05, 3.63) is 78.1 Å². The van der Waals surface area contributed by atoms with E-state index in [1.807, 2.05) is 0 Å². The molecule has 0 bridgehead atoms. The molecule has 0 aliphatic carbocycles. The second-order valence-corrected chi connectivity index (χ2v) is 5.77. The number of aromatic nitrogens is 2. The highest BCUT2D eigenvalue weighted by Gasteiger charge is 2.23. The third kappa shape index (κ3) is 4.03. The Balaban J connectivity index is 1.74. The Morgan fingerprint density at radius 2 is 1.74 bits per heavy atom. The van der Waals surface area contributed by atoms with Gasteiger partial charge in [0.05, 0.1) is 19.6 Å². The van der Waals surface area contributed by atoms with Crippen molar-refractivity contribution < 1.29 is 23.5 Å². The molecule has 1 heterocycles. The zero-order chi connectivity index (χ0) is 19.4. The molecule has 0 saturated heterocycles. The van der Waals surface area contributed by atoms with Gasteiger partial charge in [-0.2, -0.15) is 0 Å². The molecule has 0 radical (unpaired) electrons. The van der Waals surface area contributed by atoms with Crippen LogP contribution in [-0.4, -0.2) is 34.5 Å². The first-order chi connectivity index (χ1) is 13.0. The Morgan fingerprint density at radius 1 is 1.07 bits per heavy atom. The molecule has 0 aliphatic heterocycles. The van der Waals surface area contributed by atoms with Crippen LogP contribution in [0.5, 0.6) is 5.75 Å². The molecule has 1 atom stereocenters. The normalized spacial score (nSPS) is 11.7. The number of methoxy groups -OCH3 is 1. The van der Waals surface area contributed by atoms with Crippen molar-refractivity contribution in [3.63, 3.8) is 0 Å². The maximum Gasteiger partial charge on any atom is 0.357 e. The van der Waals surface area contributed by atoms with E-state index in [4.69, 9.17) is 9.47 Å². The molecular formula is C20H17FN2O4. The second kappa shape index (κ2) is 7.82. The van der Waals surface area contributed by atoms with Crippen molar-refractivity contribution in [1.82, 2.24) is 9.55 Å². The first kappa shape index (κ1) is 18.3. The molecule has 0 amide bonds. The average Bonchev–Trinajstić information content (AvgIpc) is 3.18. The molecule has 3 aromatic rings. The standard InChI is InChI=1S/C20H17FN2O4/c1-13(19(24)14-3-9-17(26-2)10-4-14)27-20(25)18-11-22-12-23(18)16-7-5-15(21)6-8-16/h3-13H,1-2H3/t13-/m1/s1. The van der Waals surface area contributed by atoms with Gasteiger partial charge >= 0.3 is 5.97 Å². The van der Waals surface area contributed by atoms with Crippen LogP contribution >= 0.6 is 0 Å². The maximum absolute atomic E-state index is 13.1. The van der Waals surface area contributed by atoms with Crippen LogP contribution in [-0.2, 0) is 4.74 Å². The van der Waals surface area contributed by atoms with Crippen LogP contribution in [0.15, 0.2) is 61.1 Å². The summed E-state index contributed by atoms with van der Waals surface area (Å²) in [6.07, 6.45) is 1.76. The van der Waals surface area contributed by atoms with Crippen LogP contribution in [0.1, 0.15) is 27.8 Å². The fourth-order valence-corrected chi connectivity index (χ4v) is 2.52. The zero-order valence-corrected chi connectivity index (χ0v) is 14.8. The quantitative estimate of drug-likeness (QED) is 0.492. The van der Waals surface area contributed by atoms with Crippen LogP contribution in [0.2, 0.25) is 0 Å². The molecule has 138 valence electrons. The summed E-state index contributed by atoms with van der Waals surface area (Å²) < 4.78 is 24.9. The number of hydrogen-bond donors (Lipinski definition) is 0. The van der Waals surface area contributed by atoms with E-state index in [1.165, 1.54) is 55.4 Å². The van der Waals surface area contributed by atoms with Gasteiger partial charge in [0.15, 0.2) is 11.8 Å². The number of hydrogen-bond acceptors (Lipinski definition) is 5. The van der Waals surface area contributed by atoms with Crippen LogP contribution in [0.4, 0.5) is 4.39 Å². The van der Waals surface area contributed by atoms with E-state index in [0.717, 1.165) is 0 Å². The summed E-state index contributed by atoms with van der Waals surface area (Å²) in [6.45, 7) is 1.50. The highest BCUT2D eigenvalue weighted by atomic mass is 19.1. The lowest BCUT2D eigenvalue weighted by atomic mass is 10.1. The van der Waals surface area contributed by atoms with E-state index >= 15 is 0 Å². The van der Waals surface area contributed by atoms with E-state index in [1.54, 1.807) is 24.3 Å². The number of Topliss-reactive ketones (excluding diaryl/α,β-unsaturated/α-hetero) is 1. The van der Waals surface area contributed by atoms with Gasteiger partial charge < -0.3 is 9.47 Å². The number of halogens is 1. The van der Waals surface area contributed by atoms with Crippen LogP contribution in [0.25, 0.3) is 5.69 Å². The minimum absolute atomic E-state index is 0.135. The molecule has 27 heavy (non-hydrogen) atoms. The summed E-state index contributed by atoms with van der Waals surface area (Å²) in [5, 5.41) is 0. The number of imidazole rings is 1. The molecule has 3 rings (SSSR count). The van der Waals surface area contributed by atoms with E-state index in [-0.39, 0.29) is 17.3 Å². The predicted molar refractivity (Wildman–Crippen MR) is 95.7 cm³/mol. The van der Waals surface area contributed by atoms with Gasteiger partial charge in [0.1, 0.15) is 11.6 Å². The first-order valence-electron chi connectivity index (χ1n) is 8.17. The second-order valence-electron chi connectivity index (χ2n) is 5.77. The largest absolute Gasteiger partial charge is 0.497 e. The van der Waals surface area contributed by atoms with Crippen molar-refractivity contribution in [1.29, 1.82) is 0 Å². The molecule has 1 aromatic heterocycles. The summed E-state index contributed by atoms with van der Waals surface area (Å²) in [7, 11) is 1.53. The fraction of sp³-hybridized carbons (Fsp3) is 0.150. The molecule has 2 aromatic carbocycles. The van der Waals surface area contributed by atoms with Crippen molar-refractivity contribution in [2.45, 2.75) is 13.0 Å². The number of carbonyl (C=O) groups is 2. The molecule has 7 heteroatoms. The van der Waals surface area contributed by atoms with E-state index < -0.39 is 12.1 Å². The highest BCUT2D eigenvalue weighted by Crippen LogP contribution is 2.16. The predicted octanol–water partition coefficient (Wildman–Crippen LogP) is 3.45. The summed E-state index contributed by atoms with van der Waals surface area (Å²) >= 11 is 0. The third-order valence-electron chi connectivity index (χ3n) is 3.98. The first-order valence-corrected chi connectivity index (χ1v) is 8.17. The van der Waals surface area contributed by atoms with Crippen molar-refractivity contribution >= 4 is 11.8 Å². The lowest BCUT2D eigenvalue weighted by molar-refractivity contribution is 0.0311.